The van der Waals surface area contributed by atoms with Gasteiger partial charge in [-0.2, -0.15) is 5.10 Å². The van der Waals surface area contributed by atoms with E-state index in [-0.39, 0.29) is 5.84 Å². The predicted molar refractivity (Wildman–Crippen MR) is 66.9 cm³/mol. The van der Waals surface area contributed by atoms with Crippen LogP contribution in [0.3, 0.4) is 0 Å². The van der Waals surface area contributed by atoms with Gasteiger partial charge in [-0.3, -0.25) is 10.4 Å². The number of nitrogens with two attached hydrogens (primary N) is 1. The fourth-order valence-electron chi connectivity index (χ4n) is 1.64. The lowest BCUT2D eigenvalue weighted by Gasteiger charge is -2.08. The van der Waals surface area contributed by atoms with Crippen molar-refractivity contribution >= 4 is 17.4 Å². The molecule has 0 atom stereocenters. The monoisotopic (exact) mass is 249 g/mol. The molecule has 0 aliphatic rings. The summed E-state index contributed by atoms with van der Waals surface area (Å²) < 4.78 is 1.65. The summed E-state index contributed by atoms with van der Waals surface area (Å²) in [4.78, 5) is 4.03. The molecular weight excluding hydrogens is 238 g/mol. The number of nitrogens with zero attached hydrogens (tertiary/aromatic N) is 3. The van der Waals surface area contributed by atoms with Crippen LogP contribution in [0.2, 0.25) is 5.02 Å². The first-order valence-corrected chi connectivity index (χ1v) is 5.40. The maximum Gasteiger partial charge on any atom is 0.125 e. The van der Waals surface area contributed by atoms with Crippen LogP contribution >= 0.6 is 11.6 Å². The molecule has 0 radical (unpaired) electrons. The Labute approximate surface area is 104 Å². The number of aromatic nitrogens is 3. The molecular formula is C11H12ClN5. The SMILES string of the molecule is Cc1nn(-c2cnccc2C(=N)N)c(C)c1Cl. The standard InChI is InChI=1S/C11H12ClN5/c1-6-10(12)7(2)17(16-6)9-5-15-4-3-8(9)11(13)14/h3-5H,1-2H3,(H3,13,14). The highest BCUT2D eigenvalue weighted by Crippen LogP contribution is 2.23. The number of halogens is 1. The molecule has 0 fully saturated rings. The Bertz CT molecular complexity index is 588. The predicted octanol–water partition coefficient (Wildman–Crippen LogP) is 1.82. The Morgan fingerprint density at radius 3 is 2.71 bits per heavy atom. The molecule has 6 heteroatoms. The van der Waals surface area contributed by atoms with Crippen molar-refractivity contribution in [3.05, 3.63) is 40.4 Å². The van der Waals surface area contributed by atoms with E-state index in [1.54, 1.807) is 23.1 Å². The molecule has 0 amide bonds. The molecule has 2 aromatic rings. The van der Waals surface area contributed by atoms with E-state index >= 15 is 0 Å². The Morgan fingerprint density at radius 2 is 2.18 bits per heavy atom. The molecule has 3 N–H and O–H groups in total. The third kappa shape index (κ3) is 1.89. The summed E-state index contributed by atoms with van der Waals surface area (Å²) in [5, 5.41) is 12.5. The minimum Gasteiger partial charge on any atom is -0.384 e. The summed E-state index contributed by atoms with van der Waals surface area (Å²) in [6.45, 7) is 3.69. The smallest absolute Gasteiger partial charge is 0.125 e. The summed E-state index contributed by atoms with van der Waals surface area (Å²) >= 11 is 6.09. The van der Waals surface area contributed by atoms with Crippen molar-refractivity contribution in [3.63, 3.8) is 0 Å². The van der Waals surface area contributed by atoms with Gasteiger partial charge in [-0.05, 0) is 19.9 Å². The summed E-state index contributed by atoms with van der Waals surface area (Å²) in [5.41, 5.74) is 8.32. The van der Waals surface area contributed by atoms with Gasteiger partial charge in [0.1, 0.15) is 5.84 Å². The van der Waals surface area contributed by atoms with Gasteiger partial charge < -0.3 is 5.73 Å². The normalized spacial score (nSPS) is 10.5. The van der Waals surface area contributed by atoms with Crippen molar-refractivity contribution in [2.45, 2.75) is 13.8 Å². The highest BCUT2D eigenvalue weighted by Gasteiger charge is 2.14. The van der Waals surface area contributed by atoms with E-state index in [4.69, 9.17) is 22.7 Å². The lowest BCUT2D eigenvalue weighted by atomic mass is 10.2. The zero-order chi connectivity index (χ0) is 12.6. The topological polar surface area (TPSA) is 80.6 Å². The Hall–Kier alpha value is -1.88. The van der Waals surface area contributed by atoms with Crippen molar-refractivity contribution in [2.24, 2.45) is 5.73 Å². The van der Waals surface area contributed by atoms with Gasteiger partial charge in [0.15, 0.2) is 0 Å². The summed E-state index contributed by atoms with van der Waals surface area (Å²) in [6, 6.07) is 1.68. The molecule has 5 nitrogen and oxygen atoms in total. The van der Waals surface area contributed by atoms with Crippen LogP contribution in [-0.4, -0.2) is 20.6 Å². The molecule has 88 valence electrons. The van der Waals surface area contributed by atoms with Gasteiger partial charge in [0, 0.05) is 11.8 Å². The largest absolute Gasteiger partial charge is 0.384 e. The number of aryl methyl sites for hydroxylation is 1. The second-order valence-corrected chi connectivity index (χ2v) is 4.08. The van der Waals surface area contributed by atoms with Crippen LogP contribution in [0.15, 0.2) is 18.5 Å². The molecule has 0 saturated carbocycles. The van der Waals surface area contributed by atoms with Crippen molar-refractivity contribution in [2.75, 3.05) is 0 Å². The number of amidine groups is 1. The zero-order valence-electron chi connectivity index (χ0n) is 9.53. The van der Waals surface area contributed by atoms with Crippen LogP contribution in [-0.2, 0) is 0 Å². The minimum absolute atomic E-state index is 0.0222. The molecule has 0 aliphatic heterocycles. The Balaban J connectivity index is 2.68. The molecule has 0 aliphatic carbocycles. The maximum absolute atomic E-state index is 7.53. The Kier molecular flexibility index (Phi) is 2.85. The number of pyridine rings is 1. The molecule has 2 heterocycles. The van der Waals surface area contributed by atoms with Crippen LogP contribution in [0.5, 0.6) is 0 Å². The lowest BCUT2D eigenvalue weighted by molar-refractivity contribution is 0.826. The third-order valence-corrected chi connectivity index (χ3v) is 3.07. The van der Waals surface area contributed by atoms with Crippen molar-refractivity contribution < 1.29 is 0 Å². The van der Waals surface area contributed by atoms with Gasteiger partial charge in [0.25, 0.3) is 0 Å². The fraction of sp³-hybridized carbons (Fsp3) is 0.182. The third-order valence-electron chi connectivity index (χ3n) is 2.52. The first-order chi connectivity index (χ1) is 8.02. The lowest BCUT2D eigenvalue weighted by Crippen LogP contribution is -2.16. The highest BCUT2D eigenvalue weighted by atomic mass is 35.5. The van der Waals surface area contributed by atoms with Gasteiger partial charge in [0.2, 0.25) is 0 Å². The van der Waals surface area contributed by atoms with Crippen LogP contribution in [0.1, 0.15) is 17.0 Å². The van der Waals surface area contributed by atoms with Crippen molar-refractivity contribution in [3.8, 4) is 5.69 Å². The van der Waals surface area contributed by atoms with Crippen LogP contribution in [0.4, 0.5) is 0 Å². The van der Waals surface area contributed by atoms with Gasteiger partial charge in [-0.1, -0.05) is 11.6 Å². The first kappa shape index (κ1) is 11.6. The maximum atomic E-state index is 7.53. The van der Waals surface area contributed by atoms with Gasteiger partial charge >= 0.3 is 0 Å². The van der Waals surface area contributed by atoms with Crippen molar-refractivity contribution in [1.29, 1.82) is 5.41 Å². The van der Waals surface area contributed by atoms with E-state index in [2.05, 4.69) is 10.1 Å². The number of hydrogen-bond donors (Lipinski definition) is 2. The number of nitrogen functional groups attached to an aromatic ring is 1. The van der Waals surface area contributed by atoms with Crippen LogP contribution < -0.4 is 5.73 Å². The zero-order valence-corrected chi connectivity index (χ0v) is 10.3. The summed E-state index contributed by atoms with van der Waals surface area (Å²) in [6.07, 6.45) is 3.21. The van der Waals surface area contributed by atoms with Crippen LogP contribution in [0, 0.1) is 19.3 Å². The average molecular weight is 250 g/mol. The number of rotatable bonds is 2. The quantitative estimate of drug-likeness (QED) is 0.629. The number of nitrogens with one attached hydrogen (secondary N) is 1. The van der Waals surface area contributed by atoms with Crippen LogP contribution in [0.25, 0.3) is 5.69 Å². The molecule has 0 bridgehead atoms. The molecule has 0 unspecified atom stereocenters. The van der Waals surface area contributed by atoms with E-state index < -0.39 is 0 Å². The minimum atomic E-state index is -0.0222. The Morgan fingerprint density at radius 1 is 1.47 bits per heavy atom. The second-order valence-electron chi connectivity index (χ2n) is 3.70. The van der Waals surface area contributed by atoms with E-state index in [9.17, 15) is 0 Å². The van der Waals surface area contributed by atoms with E-state index in [0.717, 1.165) is 11.4 Å². The first-order valence-electron chi connectivity index (χ1n) is 5.03. The molecule has 2 aromatic heterocycles. The van der Waals surface area contributed by atoms with E-state index in [1.807, 2.05) is 13.8 Å². The van der Waals surface area contributed by atoms with Crippen molar-refractivity contribution in [1.82, 2.24) is 14.8 Å². The highest BCUT2D eigenvalue weighted by molar-refractivity contribution is 6.31. The van der Waals surface area contributed by atoms with Gasteiger partial charge in [-0.25, -0.2) is 4.68 Å². The summed E-state index contributed by atoms with van der Waals surface area (Å²) in [7, 11) is 0. The number of hydrogen-bond acceptors (Lipinski definition) is 3. The van der Waals surface area contributed by atoms with E-state index in [1.165, 1.54) is 0 Å². The molecule has 0 spiro atoms. The van der Waals surface area contributed by atoms with Gasteiger partial charge in [0.05, 0.1) is 28.3 Å². The fourth-order valence-corrected chi connectivity index (χ4v) is 1.76. The van der Waals surface area contributed by atoms with Gasteiger partial charge in [-0.15, -0.1) is 0 Å². The average Bonchev–Trinajstić information content (AvgIpc) is 2.57. The molecule has 0 saturated heterocycles. The second kappa shape index (κ2) is 4.18. The van der Waals surface area contributed by atoms with E-state index in [0.29, 0.717) is 16.3 Å². The molecule has 17 heavy (non-hydrogen) atoms. The molecule has 2 rings (SSSR count). The summed E-state index contributed by atoms with van der Waals surface area (Å²) in [5.74, 6) is -0.0222. The molecule has 0 aromatic carbocycles.